The van der Waals surface area contributed by atoms with E-state index in [2.05, 4.69) is 0 Å². The number of nitrogens with two attached hydrogens (primary N) is 2. The van der Waals surface area contributed by atoms with E-state index in [4.69, 9.17) is 11.5 Å². The average Bonchev–Trinajstić information content (AvgIpc) is 2.47. The van der Waals surface area contributed by atoms with E-state index in [9.17, 15) is 4.79 Å². The monoisotopic (exact) mass is 176 g/mol. The third-order valence-corrected chi connectivity index (χ3v) is 2.55. The van der Waals surface area contributed by atoms with Crippen molar-refractivity contribution >= 4 is 5.91 Å². The number of carbonyl (C=O) groups excluding carboxylic acids is 1. The molecular formula is C10H12N2O. The number of amides is 1. The molecule has 1 aliphatic rings. The number of carbonyl (C=O) groups is 1. The Hall–Kier alpha value is -1.35. The molecule has 0 aromatic heterocycles. The second-order valence-corrected chi connectivity index (χ2v) is 3.42. The van der Waals surface area contributed by atoms with Crippen LogP contribution in [0.5, 0.6) is 0 Å². The summed E-state index contributed by atoms with van der Waals surface area (Å²) in [6.07, 6.45) is 1.93. The molecule has 0 spiro atoms. The summed E-state index contributed by atoms with van der Waals surface area (Å²) in [5.41, 5.74) is 13.9. The van der Waals surface area contributed by atoms with Gasteiger partial charge in [0.15, 0.2) is 0 Å². The van der Waals surface area contributed by atoms with Gasteiger partial charge in [0.25, 0.3) is 0 Å². The van der Waals surface area contributed by atoms with Crippen LogP contribution in [0.25, 0.3) is 0 Å². The van der Waals surface area contributed by atoms with E-state index in [0.29, 0.717) is 5.56 Å². The molecule has 4 N–H and O–H groups in total. The number of benzene rings is 1. The molecule has 1 aromatic rings. The van der Waals surface area contributed by atoms with E-state index < -0.39 is 0 Å². The Bertz CT molecular complexity index is 360. The Morgan fingerprint density at radius 3 is 2.92 bits per heavy atom. The van der Waals surface area contributed by atoms with Crippen LogP contribution in [0.2, 0.25) is 0 Å². The molecule has 3 heteroatoms. The largest absolute Gasteiger partial charge is 0.366 e. The Kier molecular flexibility index (Phi) is 1.81. The van der Waals surface area contributed by atoms with Gasteiger partial charge >= 0.3 is 0 Å². The fourth-order valence-electron chi connectivity index (χ4n) is 1.80. The summed E-state index contributed by atoms with van der Waals surface area (Å²) in [5, 5.41) is 0. The molecule has 0 heterocycles. The minimum atomic E-state index is -0.372. The Labute approximate surface area is 76.7 Å². The molecule has 1 atom stereocenters. The summed E-state index contributed by atoms with van der Waals surface area (Å²) in [4.78, 5) is 10.9. The van der Waals surface area contributed by atoms with Gasteiger partial charge in [0.2, 0.25) is 5.91 Å². The van der Waals surface area contributed by atoms with Crippen LogP contribution < -0.4 is 11.5 Å². The van der Waals surface area contributed by atoms with Crippen LogP contribution in [0.4, 0.5) is 0 Å². The summed E-state index contributed by atoms with van der Waals surface area (Å²) in [5.74, 6) is -0.372. The van der Waals surface area contributed by atoms with E-state index in [1.54, 1.807) is 6.07 Å². The van der Waals surface area contributed by atoms with Gasteiger partial charge in [0.05, 0.1) is 0 Å². The van der Waals surface area contributed by atoms with Gasteiger partial charge in [-0.15, -0.1) is 0 Å². The maximum absolute atomic E-state index is 10.9. The summed E-state index contributed by atoms with van der Waals surface area (Å²) in [6, 6.07) is 5.64. The molecule has 2 rings (SSSR count). The first kappa shape index (κ1) is 8.26. The van der Waals surface area contributed by atoms with Crippen LogP contribution in [0, 0.1) is 0 Å². The maximum Gasteiger partial charge on any atom is 0.248 e. The van der Waals surface area contributed by atoms with Crippen LogP contribution in [0.15, 0.2) is 18.2 Å². The van der Waals surface area contributed by atoms with Crippen molar-refractivity contribution < 1.29 is 4.79 Å². The fourth-order valence-corrected chi connectivity index (χ4v) is 1.80. The molecule has 0 saturated carbocycles. The number of hydrogen-bond acceptors (Lipinski definition) is 2. The van der Waals surface area contributed by atoms with Crippen molar-refractivity contribution in [3.05, 3.63) is 34.9 Å². The summed E-state index contributed by atoms with van der Waals surface area (Å²) in [7, 11) is 0. The highest BCUT2D eigenvalue weighted by molar-refractivity contribution is 5.93. The van der Waals surface area contributed by atoms with Crippen LogP contribution in [-0.2, 0) is 6.42 Å². The van der Waals surface area contributed by atoms with Gasteiger partial charge in [-0.05, 0) is 36.1 Å². The lowest BCUT2D eigenvalue weighted by molar-refractivity contribution is 0.1000. The Morgan fingerprint density at radius 1 is 1.46 bits per heavy atom. The normalized spacial score (nSPS) is 19.9. The number of hydrogen-bond donors (Lipinski definition) is 2. The highest BCUT2D eigenvalue weighted by Gasteiger charge is 2.19. The summed E-state index contributed by atoms with van der Waals surface area (Å²) < 4.78 is 0. The van der Waals surface area contributed by atoms with E-state index in [0.717, 1.165) is 18.4 Å². The molecule has 0 saturated heterocycles. The molecule has 13 heavy (non-hydrogen) atoms. The molecule has 1 aliphatic carbocycles. The molecule has 3 nitrogen and oxygen atoms in total. The topological polar surface area (TPSA) is 69.1 Å². The van der Waals surface area contributed by atoms with Crippen LogP contribution >= 0.6 is 0 Å². The molecule has 0 unspecified atom stereocenters. The highest BCUT2D eigenvalue weighted by Crippen LogP contribution is 2.29. The van der Waals surface area contributed by atoms with Crippen molar-refractivity contribution in [1.82, 2.24) is 0 Å². The lowest BCUT2D eigenvalue weighted by atomic mass is 10.0. The van der Waals surface area contributed by atoms with Crippen molar-refractivity contribution in [2.45, 2.75) is 18.9 Å². The zero-order chi connectivity index (χ0) is 9.42. The summed E-state index contributed by atoms with van der Waals surface area (Å²) in [6.45, 7) is 0. The van der Waals surface area contributed by atoms with Gasteiger partial charge in [0, 0.05) is 11.6 Å². The van der Waals surface area contributed by atoms with Crippen molar-refractivity contribution in [2.75, 3.05) is 0 Å². The quantitative estimate of drug-likeness (QED) is 0.662. The van der Waals surface area contributed by atoms with Crippen molar-refractivity contribution in [1.29, 1.82) is 0 Å². The number of aryl methyl sites for hydroxylation is 1. The molecular weight excluding hydrogens is 164 g/mol. The maximum atomic E-state index is 10.9. The molecule has 1 aromatic carbocycles. The standard InChI is InChI=1S/C10H12N2O/c11-9-4-2-6-5-7(10(12)13)1-3-8(6)9/h1,3,5,9H,2,4,11H2,(H2,12,13)/t9-/m0/s1. The van der Waals surface area contributed by atoms with E-state index in [1.807, 2.05) is 12.1 Å². The van der Waals surface area contributed by atoms with Gasteiger partial charge in [-0.25, -0.2) is 0 Å². The lowest BCUT2D eigenvalue weighted by Crippen LogP contribution is -2.11. The van der Waals surface area contributed by atoms with Gasteiger partial charge in [0.1, 0.15) is 0 Å². The van der Waals surface area contributed by atoms with Crippen LogP contribution in [0.3, 0.4) is 0 Å². The molecule has 68 valence electrons. The zero-order valence-corrected chi connectivity index (χ0v) is 7.29. The number of rotatable bonds is 1. The third kappa shape index (κ3) is 1.31. The molecule has 0 bridgehead atoms. The van der Waals surface area contributed by atoms with E-state index >= 15 is 0 Å². The predicted octanol–water partition coefficient (Wildman–Crippen LogP) is 0.732. The first-order chi connectivity index (χ1) is 6.18. The zero-order valence-electron chi connectivity index (χ0n) is 7.29. The van der Waals surface area contributed by atoms with Gasteiger partial charge in [-0.2, -0.15) is 0 Å². The predicted molar refractivity (Wildman–Crippen MR) is 50.2 cm³/mol. The highest BCUT2D eigenvalue weighted by atomic mass is 16.1. The first-order valence-corrected chi connectivity index (χ1v) is 4.36. The van der Waals surface area contributed by atoms with Crippen molar-refractivity contribution in [3.8, 4) is 0 Å². The average molecular weight is 176 g/mol. The Balaban J connectivity index is 2.45. The smallest absolute Gasteiger partial charge is 0.248 e. The molecule has 1 amide bonds. The minimum absolute atomic E-state index is 0.136. The van der Waals surface area contributed by atoms with Crippen LogP contribution in [-0.4, -0.2) is 5.91 Å². The van der Waals surface area contributed by atoms with Crippen molar-refractivity contribution in [2.24, 2.45) is 11.5 Å². The Morgan fingerprint density at radius 2 is 2.23 bits per heavy atom. The lowest BCUT2D eigenvalue weighted by Gasteiger charge is -2.04. The van der Waals surface area contributed by atoms with Gasteiger partial charge < -0.3 is 11.5 Å². The second-order valence-electron chi connectivity index (χ2n) is 3.42. The fraction of sp³-hybridized carbons (Fsp3) is 0.300. The minimum Gasteiger partial charge on any atom is -0.366 e. The second kappa shape index (κ2) is 2.85. The van der Waals surface area contributed by atoms with Gasteiger partial charge in [-0.3, -0.25) is 4.79 Å². The summed E-state index contributed by atoms with van der Waals surface area (Å²) >= 11 is 0. The first-order valence-electron chi connectivity index (χ1n) is 4.36. The molecule has 0 radical (unpaired) electrons. The van der Waals surface area contributed by atoms with E-state index in [1.165, 1.54) is 5.56 Å². The molecule has 0 fully saturated rings. The van der Waals surface area contributed by atoms with Crippen molar-refractivity contribution in [3.63, 3.8) is 0 Å². The number of primary amides is 1. The number of fused-ring (bicyclic) bond motifs is 1. The van der Waals surface area contributed by atoms with E-state index in [-0.39, 0.29) is 11.9 Å². The SMILES string of the molecule is NC(=O)c1ccc2c(c1)CC[C@@H]2N. The third-order valence-electron chi connectivity index (χ3n) is 2.55. The van der Waals surface area contributed by atoms with Crippen LogP contribution in [0.1, 0.15) is 33.9 Å². The molecule has 0 aliphatic heterocycles. The van der Waals surface area contributed by atoms with Gasteiger partial charge in [-0.1, -0.05) is 6.07 Å².